The van der Waals surface area contributed by atoms with Crippen molar-refractivity contribution in [2.24, 2.45) is 5.73 Å². The first-order valence-corrected chi connectivity index (χ1v) is 8.10. The molecule has 0 unspecified atom stereocenters. The monoisotopic (exact) mass is 337 g/mol. The maximum absolute atomic E-state index is 12.9. The second kappa shape index (κ2) is 5.95. The number of carbonyl (C=O) groups is 1. The van der Waals surface area contributed by atoms with E-state index in [-0.39, 0.29) is 12.1 Å². The zero-order chi connectivity index (χ0) is 17.4. The normalized spacial score (nSPS) is 10.7. The lowest BCUT2D eigenvalue weighted by Gasteiger charge is -2.10. The molecule has 120 valence electrons. The number of nitrogens with zero attached hydrogens (tertiary/aromatic N) is 2. The van der Waals surface area contributed by atoms with Crippen LogP contribution in [0.5, 0.6) is 0 Å². The summed E-state index contributed by atoms with van der Waals surface area (Å²) >= 11 is 1.13. The molecule has 3 aromatic rings. The van der Waals surface area contributed by atoms with Crippen LogP contribution in [0.25, 0.3) is 21.6 Å². The predicted octanol–water partition coefficient (Wildman–Crippen LogP) is 2.47. The number of hydrogen-bond donors (Lipinski definition) is 1. The Morgan fingerprint density at radius 2 is 2.00 bits per heavy atom. The largest absolute Gasteiger partial charge is 0.365 e. The van der Waals surface area contributed by atoms with Crippen molar-refractivity contribution in [1.82, 2.24) is 9.55 Å². The molecule has 2 N–H and O–H groups in total. The predicted molar refractivity (Wildman–Crippen MR) is 96.1 cm³/mol. The molecular formula is C18H15N3O2S. The number of aromatic nitrogens is 2. The van der Waals surface area contributed by atoms with E-state index in [0.29, 0.717) is 26.5 Å². The molecule has 6 heteroatoms. The van der Waals surface area contributed by atoms with Crippen molar-refractivity contribution >= 4 is 27.5 Å². The van der Waals surface area contributed by atoms with Gasteiger partial charge in [0.15, 0.2) is 0 Å². The first kappa shape index (κ1) is 16.0. The SMILES string of the molecule is C#CCn1c(-c2ccc(C)cc2)nc2sc(C(N)=O)c(C)c2c1=O. The molecule has 3 rings (SSSR count). The Kier molecular flexibility index (Phi) is 3.96. The fraction of sp³-hybridized carbons (Fsp3) is 0.167. The van der Waals surface area contributed by atoms with Gasteiger partial charge in [-0.25, -0.2) is 4.98 Å². The van der Waals surface area contributed by atoms with Crippen LogP contribution in [0.15, 0.2) is 29.1 Å². The number of fused-ring (bicyclic) bond motifs is 1. The van der Waals surface area contributed by atoms with Crippen LogP contribution in [0, 0.1) is 26.2 Å². The number of carbonyl (C=O) groups excluding carboxylic acids is 1. The van der Waals surface area contributed by atoms with E-state index in [9.17, 15) is 9.59 Å². The summed E-state index contributed by atoms with van der Waals surface area (Å²) in [5, 5.41) is 0.403. The van der Waals surface area contributed by atoms with E-state index < -0.39 is 5.91 Å². The van der Waals surface area contributed by atoms with Crippen molar-refractivity contribution in [3.8, 4) is 23.7 Å². The minimum Gasteiger partial charge on any atom is -0.365 e. The Bertz CT molecular complexity index is 1050. The fourth-order valence-corrected chi connectivity index (χ4v) is 3.64. The van der Waals surface area contributed by atoms with Crippen LogP contribution in [0.4, 0.5) is 0 Å². The average molecular weight is 337 g/mol. The van der Waals surface area contributed by atoms with Gasteiger partial charge in [-0.1, -0.05) is 35.7 Å². The second-order valence-electron chi connectivity index (χ2n) is 5.50. The first-order chi connectivity index (χ1) is 11.4. The molecule has 0 fully saturated rings. The molecule has 5 nitrogen and oxygen atoms in total. The van der Waals surface area contributed by atoms with Gasteiger partial charge >= 0.3 is 0 Å². The number of aryl methyl sites for hydroxylation is 2. The summed E-state index contributed by atoms with van der Waals surface area (Å²) in [6.07, 6.45) is 5.43. The van der Waals surface area contributed by atoms with E-state index in [0.717, 1.165) is 22.5 Å². The third-order valence-electron chi connectivity index (χ3n) is 3.83. The zero-order valence-corrected chi connectivity index (χ0v) is 14.1. The standard InChI is InChI=1S/C18H15N3O2S/c1-4-9-21-16(12-7-5-10(2)6-8-12)20-17-13(18(21)23)11(3)14(24-17)15(19)22/h1,5-8H,9H2,2-3H3,(H2,19,22). The van der Waals surface area contributed by atoms with Gasteiger partial charge in [-0.15, -0.1) is 17.8 Å². The molecule has 2 aromatic heterocycles. The topological polar surface area (TPSA) is 78.0 Å². The lowest BCUT2D eigenvalue weighted by molar-refractivity contribution is 0.100. The van der Waals surface area contributed by atoms with Crippen LogP contribution >= 0.6 is 11.3 Å². The highest BCUT2D eigenvalue weighted by Crippen LogP contribution is 2.29. The van der Waals surface area contributed by atoms with E-state index in [1.54, 1.807) is 6.92 Å². The Morgan fingerprint density at radius 3 is 2.58 bits per heavy atom. The Labute approximate surface area is 142 Å². The van der Waals surface area contributed by atoms with Crippen LogP contribution in [-0.4, -0.2) is 15.5 Å². The van der Waals surface area contributed by atoms with Gasteiger partial charge in [0.05, 0.1) is 16.8 Å². The molecule has 0 bridgehead atoms. The maximum Gasteiger partial charge on any atom is 0.263 e. The summed E-state index contributed by atoms with van der Waals surface area (Å²) in [6, 6.07) is 7.68. The summed E-state index contributed by atoms with van der Waals surface area (Å²) in [7, 11) is 0. The second-order valence-corrected chi connectivity index (χ2v) is 6.50. The van der Waals surface area contributed by atoms with Crippen LogP contribution in [0.1, 0.15) is 20.8 Å². The molecule has 0 radical (unpaired) electrons. The fourth-order valence-electron chi connectivity index (χ4n) is 2.61. The van der Waals surface area contributed by atoms with E-state index in [1.807, 2.05) is 31.2 Å². The third-order valence-corrected chi connectivity index (χ3v) is 5.03. The van der Waals surface area contributed by atoms with E-state index in [1.165, 1.54) is 4.57 Å². The molecule has 1 amide bonds. The molecule has 2 heterocycles. The molecule has 0 aliphatic rings. The van der Waals surface area contributed by atoms with Crippen molar-refractivity contribution in [3.05, 3.63) is 50.6 Å². The molecule has 0 atom stereocenters. The Morgan fingerprint density at radius 1 is 1.33 bits per heavy atom. The van der Waals surface area contributed by atoms with E-state index >= 15 is 0 Å². The van der Waals surface area contributed by atoms with Crippen molar-refractivity contribution in [1.29, 1.82) is 0 Å². The van der Waals surface area contributed by atoms with Crippen molar-refractivity contribution in [2.45, 2.75) is 20.4 Å². The number of nitrogens with two attached hydrogens (primary N) is 1. The van der Waals surface area contributed by atoms with Crippen molar-refractivity contribution < 1.29 is 4.79 Å². The highest BCUT2D eigenvalue weighted by Gasteiger charge is 2.20. The van der Waals surface area contributed by atoms with Gasteiger partial charge in [-0.05, 0) is 19.4 Å². The highest BCUT2D eigenvalue weighted by molar-refractivity contribution is 7.20. The van der Waals surface area contributed by atoms with E-state index in [2.05, 4.69) is 10.9 Å². The van der Waals surface area contributed by atoms with Gasteiger partial charge in [0.25, 0.3) is 11.5 Å². The molecule has 0 aliphatic carbocycles. The lowest BCUT2D eigenvalue weighted by Crippen LogP contribution is -2.23. The Hall–Kier alpha value is -2.91. The highest BCUT2D eigenvalue weighted by atomic mass is 32.1. The average Bonchev–Trinajstić information content (AvgIpc) is 2.88. The molecule has 1 aromatic carbocycles. The van der Waals surface area contributed by atoms with Crippen molar-refractivity contribution in [3.63, 3.8) is 0 Å². The summed E-state index contributed by atoms with van der Waals surface area (Å²) in [5.41, 5.74) is 7.59. The van der Waals surface area contributed by atoms with Crippen LogP contribution in [0.2, 0.25) is 0 Å². The number of rotatable bonds is 3. The van der Waals surface area contributed by atoms with Gasteiger partial charge < -0.3 is 5.73 Å². The lowest BCUT2D eigenvalue weighted by atomic mass is 10.1. The quantitative estimate of drug-likeness (QED) is 0.746. The van der Waals surface area contributed by atoms with Gasteiger partial charge in [0, 0.05) is 5.56 Å². The van der Waals surface area contributed by atoms with E-state index in [4.69, 9.17) is 12.2 Å². The maximum atomic E-state index is 12.9. The molecular weight excluding hydrogens is 322 g/mol. The molecule has 0 saturated heterocycles. The van der Waals surface area contributed by atoms with Crippen molar-refractivity contribution in [2.75, 3.05) is 0 Å². The first-order valence-electron chi connectivity index (χ1n) is 7.28. The van der Waals surface area contributed by atoms with Gasteiger partial charge in [0.2, 0.25) is 0 Å². The summed E-state index contributed by atoms with van der Waals surface area (Å²) in [5.74, 6) is 2.42. The Balaban J connectivity index is 2.39. The minimum atomic E-state index is -0.560. The number of amides is 1. The molecule has 0 aliphatic heterocycles. The number of benzene rings is 1. The summed E-state index contributed by atoms with van der Waals surface area (Å²) < 4.78 is 1.46. The third kappa shape index (κ3) is 2.49. The van der Waals surface area contributed by atoms with Gasteiger partial charge in [-0.2, -0.15) is 0 Å². The minimum absolute atomic E-state index is 0.103. The zero-order valence-electron chi connectivity index (χ0n) is 13.3. The number of thiophene rings is 1. The van der Waals surface area contributed by atoms with Crippen LogP contribution in [0.3, 0.4) is 0 Å². The molecule has 24 heavy (non-hydrogen) atoms. The molecule has 0 spiro atoms. The van der Waals surface area contributed by atoms with Crippen LogP contribution in [-0.2, 0) is 6.54 Å². The number of primary amides is 1. The molecule has 0 saturated carbocycles. The smallest absolute Gasteiger partial charge is 0.263 e. The van der Waals surface area contributed by atoms with Gasteiger partial charge in [-0.3, -0.25) is 14.2 Å². The van der Waals surface area contributed by atoms with Crippen LogP contribution < -0.4 is 11.3 Å². The summed E-state index contributed by atoms with van der Waals surface area (Å²) in [6.45, 7) is 3.79. The van der Waals surface area contributed by atoms with Gasteiger partial charge in [0.1, 0.15) is 10.7 Å². The summed E-state index contributed by atoms with van der Waals surface area (Å²) in [4.78, 5) is 29.9. The number of terminal acetylenes is 1. The number of hydrogen-bond acceptors (Lipinski definition) is 4.